The van der Waals surface area contributed by atoms with Crippen LogP contribution in [-0.2, 0) is 41.5 Å². The van der Waals surface area contributed by atoms with Crippen molar-refractivity contribution >= 4 is 14.2 Å². The average Bonchev–Trinajstić information content (AvgIpc) is 3.57. The normalized spacial score (nSPS) is 17.9. The third-order valence-electron chi connectivity index (χ3n) is 13.7. The standard InChI is InChI=1S/C48H64O4S2.2C7H7.Zr/c1-29-19-39(20-30(2)33(29)5)51-41-25-37(47(7,8)9)23-35(45(41)49)27-53-43-17-15-13-14-16-18-44(43)54-28-36-24-38(48(10,11)12)26-42(46(36)50)52-40-21-31(3)34(6)32(4)22-40;2*1-7-5-3-2-4-6-7;/h19-26,43-44,49-50H,13-18,27-28H2,1-12H3;2*2-6H,1H2;/q;2*-1;/t43-,44?;;;/m0.../s1. The van der Waals surface area contributed by atoms with Gasteiger partial charge in [0.05, 0.1) is 0 Å². The first-order valence-corrected chi connectivity index (χ1v) is 33.7. The summed E-state index contributed by atoms with van der Waals surface area (Å²) in [6, 6.07) is 36.8. The summed E-state index contributed by atoms with van der Waals surface area (Å²) >= 11 is -0.947. The molecule has 0 bridgehead atoms. The van der Waals surface area contributed by atoms with Crippen LogP contribution in [0.25, 0.3) is 0 Å². The smallest absolute Gasteiger partial charge is 0.0866 e. The van der Waals surface area contributed by atoms with Gasteiger partial charge in [0.2, 0.25) is 0 Å². The van der Waals surface area contributed by atoms with Crippen LogP contribution in [0.4, 0.5) is 0 Å². The van der Waals surface area contributed by atoms with Crippen LogP contribution < -0.4 is 9.47 Å². The summed E-state index contributed by atoms with van der Waals surface area (Å²) in [4.78, 5) is 0. The maximum absolute atomic E-state index is 12.0. The van der Waals surface area contributed by atoms with Gasteiger partial charge in [0.15, 0.2) is 0 Å². The fourth-order valence-corrected chi connectivity index (χ4v) is 37.7. The number of ether oxygens (including phenoxy) is 2. The Kier molecular flexibility index (Phi) is 18.7. The summed E-state index contributed by atoms with van der Waals surface area (Å²) in [6.45, 7) is 33.7. The summed E-state index contributed by atoms with van der Waals surface area (Å²) in [5, 5.41) is 25.4. The van der Waals surface area contributed by atoms with Gasteiger partial charge in [-0.3, -0.25) is 0 Å². The van der Waals surface area contributed by atoms with Gasteiger partial charge in [-0.1, -0.05) is 12.1 Å². The van der Waals surface area contributed by atoms with E-state index in [2.05, 4.69) is 145 Å². The molecular formula is C62H78O4S2Zr-2. The molecule has 2 N–H and O–H groups in total. The second kappa shape index (κ2) is 23.8. The van der Waals surface area contributed by atoms with E-state index in [1.807, 2.05) is 60.7 Å². The molecule has 0 amide bonds. The first-order valence-electron chi connectivity index (χ1n) is 24.7. The summed E-state index contributed by atoms with van der Waals surface area (Å²) in [7, 11) is 0.505. The first-order chi connectivity index (χ1) is 32.6. The quantitative estimate of drug-likeness (QED) is 0.149. The Morgan fingerprint density at radius 1 is 0.507 bits per heavy atom. The number of aromatic hydroxyl groups is 2. The van der Waals surface area contributed by atoms with Crippen LogP contribution in [0.1, 0.15) is 147 Å². The van der Waals surface area contributed by atoms with E-state index in [1.54, 1.807) is 0 Å². The van der Waals surface area contributed by atoms with Crippen molar-refractivity contribution in [3.05, 3.63) is 190 Å². The molecule has 1 fully saturated rings. The van der Waals surface area contributed by atoms with Crippen LogP contribution in [0.5, 0.6) is 34.5 Å². The number of hydrogen-bond donors (Lipinski definition) is 2. The molecule has 0 aromatic heterocycles. The van der Waals surface area contributed by atoms with E-state index in [1.165, 1.54) is 83.0 Å². The Hall–Kier alpha value is -4.16. The van der Waals surface area contributed by atoms with Crippen LogP contribution in [-0.4, -0.2) is 20.7 Å². The van der Waals surface area contributed by atoms with Gasteiger partial charge in [-0.2, -0.15) is 49.2 Å². The minimum atomic E-state index is -0.947. The van der Waals surface area contributed by atoms with Crippen molar-refractivity contribution in [3.8, 4) is 34.5 Å². The molecule has 1 heterocycles. The molecule has 6 aromatic rings. The monoisotopic (exact) mass is 1040 g/mol. The molecule has 1 saturated carbocycles. The van der Waals surface area contributed by atoms with Gasteiger partial charge in [-0.25, -0.2) is 0 Å². The predicted octanol–water partition coefficient (Wildman–Crippen LogP) is 18.1. The van der Waals surface area contributed by atoms with Crippen LogP contribution in [0.2, 0.25) is 0 Å². The van der Waals surface area contributed by atoms with Gasteiger partial charge in [0.1, 0.15) is 0 Å². The van der Waals surface area contributed by atoms with Gasteiger partial charge >= 0.3 is 346 Å². The van der Waals surface area contributed by atoms with E-state index < -0.39 is 19.2 Å². The third kappa shape index (κ3) is 14.7. The number of fused-ring (bicyclic) bond motifs is 1. The van der Waals surface area contributed by atoms with Crippen molar-refractivity contribution in [2.75, 3.05) is 0 Å². The minimum Gasteiger partial charge on any atom is -0.199 e. The molecule has 4 atom stereocenters. The zero-order chi connectivity index (χ0) is 50.2. The molecule has 1 aliphatic heterocycles. The number of benzene rings is 6. The predicted molar refractivity (Wildman–Crippen MR) is 295 cm³/mol. The summed E-state index contributed by atoms with van der Waals surface area (Å²) in [6.07, 6.45) is 7.83. The zero-order valence-corrected chi connectivity index (χ0v) is 47.7. The maximum atomic E-state index is 12.0. The van der Waals surface area contributed by atoms with Crippen LogP contribution in [0.15, 0.2) is 109 Å². The van der Waals surface area contributed by atoms with E-state index in [0.29, 0.717) is 33.5 Å². The Labute approximate surface area is 428 Å². The number of rotatable bonds is 8. The van der Waals surface area contributed by atoms with Gasteiger partial charge in [0.25, 0.3) is 0 Å². The minimum absolute atomic E-state index is 0.0865. The summed E-state index contributed by atoms with van der Waals surface area (Å²) in [5.74, 6) is 5.19. The van der Waals surface area contributed by atoms with Crippen LogP contribution >= 0.6 is 14.2 Å². The van der Waals surface area contributed by atoms with E-state index in [-0.39, 0.29) is 25.1 Å². The number of phenols is 2. The Morgan fingerprint density at radius 2 is 0.841 bits per heavy atom. The van der Waals surface area contributed by atoms with Gasteiger partial charge < -0.3 is 0 Å². The van der Waals surface area contributed by atoms with Crippen molar-refractivity contribution in [3.63, 3.8) is 0 Å². The molecule has 7 heteroatoms. The first kappa shape index (κ1) is 54.2. The molecule has 4 nitrogen and oxygen atoms in total. The molecule has 0 spiro atoms. The van der Waals surface area contributed by atoms with Gasteiger partial charge in [-0.15, -0.1) is 24.3 Å². The molecule has 368 valence electrons. The molecule has 8 rings (SSSR count). The second-order valence-electron chi connectivity index (χ2n) is 21.3. The van der Waals surface area contributed by atoms with Gasteiger partial charge in [0, 0.05) is 0 Å². The topological polar surface area (TPSA) is 58.9 Å². The van der Waals surface area contributed by atoms with Crippen molar-refractivity contribution in [1.29, 1.82) is 0 Å². The number of aryl methyl sites for hydroxylation is 4. The van der Waals surface area contributed by atoms with Crippen LogP contribution in [0.3, 0.4) is 0 Å². The second-order valence-corrected chi connectivity index (χ2v) is 36.9. The summed E-state index contributed by atoms with van der Waals surface area (Å²) < 4.78 is 13.1. The molecule has 0 saturated heterocycles. The van der Waals surface area contributed by atoms with E-state index in [4.69, 9.17) is 9.47 Å². The molecule has 1 aliphatic carbocycles. The molecule has 6 aromatic carbocycles. The fourth-order valence-electron chi connectivity index (χ4n) is 8.83. The maximum Gasteiger partial charge on any atom is -0.0866 e. The largest absolute Gasteiger partial charge is 0.199 e. The molecular weight excluding hydrogens is 964 g/mol. The fraction of sp³-hybridized carbons (Fsp3) is 0.387. The van der Waals surface area contributed by atoms with Crippen molar-refractivity contribution < 1.29 is 38.8 Å². The van der Waals surface area contributed by atoms with Gasteiger partial charge in [-0.05, 0) is 0 Å². The van der Waals surface area contributed by atoms with Crippen molar-refractivity contribution in [2.24, 2.45) is 0 Å². The SMILES string of the molecule is Cc1cc(Oc2cc(C(C)(C)C)cc(C[S]3=[Zr]=[S@@](Cc4cc(C(C)(C)C)cc(Oc5cc(C)c(C)c(C)c5)c4O)C4CCCCCC[C@@H]43)c2O)cc(C)c1C.[CH2-]c1ccccc1.[CH2-]c1ccccc1. The number of phenolic OH excluding ortho intramolecular Hbond substituents is 2. The third-order valence-corrected chi connectivity index (χ3v) is 35.5. The van der Waals surface area contributed by atoms with E-state index in [9.17, 15) is 10.2 Å². The molecule has 69 heavy (non-hydrogen) atoms. The summed E-state index contributed by atoms with van der Waals surface area (Å²) in [5.41, 5.74) is 13.8. The Bertz CT molecular complexity index is 2560. The molecule has 2 aliphatic rings. The Morgan fingerprint density at radius 3 is 1.13 bits per heavy atom. The zero-order valence-electron chi connectivity index (χ0n) is 43.6. The van der Waals surface area contributed by atoms with E-state index in [0.717, 1.165) is 45.3 Å². The Balaban J connectivity index is 0.000000477. The molecule has 2 unspecified atom stereocenters. The van der Waals surface area contributed by atoms with E-state index >= 15 is 0 Å². The average molecular weight is 1040 g/mol. The van der Waals surface area contributed by atoms with Crippen LogP contribution in [0, 0.1) is 55.4 Å². The van der Waals surface area contributed by atoms with Crippen molar-refractivity contribution in [1.82, 2.24) is 0 Å². The molecule has 0 radical (unpaired) electrons. The van der Waals surface area contributed by atoms with Crippen molar-refractivity contribution in [2.45, 2.75) is 154 Å². The number of hydrogen-bond acceptors (Lipinski definition) is 4.